The number of hydrogen-bond donors (Lipinski definition) is 1. The Balaban J connectivity index is 1.63. The van der Waals surface area contributed by atoms with Gasteiger partial charge in [-0.05, 0) is 74.0 Å². The third-order valence-electron chi connectivity index (χ3n) is 4.59. The molecular weight excluding hydrogens is 536 g/mol. The number of ether oxygens (including phenoxy) is 3. The van der Waals surface area contributed by atoms with Gasteiger partial charge in [-0.3, -0.25) is 4.79 Å². The van der Waals surface area contributed by atoms with Gasteiger partial charge in [0.15, 0.2) is 6.10 Å². The molecule has 3 aromatic rings. The zero-order valence-corrected chi connectivity index (χ0v) is 21.5. The van der Waals surface area contributed by atoms with Gasteiger partial charge in [-0.25, -0.2) is 10.2 Å². The van der Waals surface area contributed by atoms with E-state index >= 15 is 0 Å². The summed E-state index contributed by atoms with van der Waals surface area (Å²) >= 11 is 9.33. The lowest BCUT2D eigenvalue weighted by Gasteiger charge is -2.13. The first kappa shape index (κ1) is 26.2. The van der Waals surface area contributed by atoms with Crippen molar-refractivity contribution in [2.24, 2.45) is 5.10 Å². The lowest BCUT2D eigenvalue weighted by molar-refractivity contribution is -0.127. The number of rotatable bonds is 10. The van der Waals surface area contributed by atoms with Crippen molar-refractivity contribution in [1.29, 1.82) is 0 Å². The van der Waals surface area contributed by atoms with Crippen LogP contribution in [0.4, 0.5) is 0 Å². The van der Waals surface area contributed by atoms with Gasteiger partial charge in [0.2, 0.25) is 0 Å². The Hall–Kier alpha value is -3.36. The molecule has 9 heteroatoms. The molecule has 0 spiro atoms. The largest absolute Gasteiger partial charge is 0.494 e. The molecule has 3 aromatic carbocycles. The number of benzene rings is 3. The molecule has 0 bridgehead atoms. The monoisotopic (exact) mass is 558 g/mol. The highest BCUT2D eigenvalue weighted by Crippen LogP contribution is 2.23. The van der Waals surface area contributed by atoms with Crippen molar-refractivity contribution in [2.75, 3.05) is 6.61 Å². The Morgan fingerprint density at radius 3 is 2.57 bits per heavy atom. The van der Waals surface area contributed by atoms with Crippen LogP contribution in [0.15, 0.2) is 76.3 Å². The molecule has 182 valence electrons. The smallest absolute Gasteiger partial charge is 0.343 e. The second kappa shape index (κ2) is 12.9. The van der Waals surface area contributed by atoms with Gasteiger partial charge < -0.3 is 14.2 Å². The van der Waals surface area contributed by atoms with Crippen LogP contribution in [0, 0.1) is 0 Å². The van der Waals surface area contributed by atoms with Crippen LogP contribution in [-0.2, 0) is 4.79 Å². The van der Waals surface area contributed by atoms with Gasteiger partial charge in [0.25, 0.3) is 5.91 Å². The van der Waals surface area contributed by atoms with Crippen LogP contribution in [0.3, 0.4) is 0 Å². The molecule has 3 rings (SSSR count). The summed E-state index contributed by atoms with van der Waals surface area (Å²) < 4.78 is 17.4. The Labute approximate surface area is 217 Å². The van der Waals surface area contributed by atoms with Crippen molar-refractivity contribution in [2.45, 2.75) is 26.4 Å². The minimum Gasteiger partial charge on any atom is -0.494 e. The maximum Gasteiger partial charge on any atom is 0.343 e. The van der Waals surface area contributed by atoms with Gasteiger partial charge in [0.05, 0.1) is 18.4 Å². The number of nitrogens with one attached hydrogen (secondary N) is 1. The number of esters is 1. The Bertz CT molecular complexity index is 1200. The van der Waals surface area contributed by atoms with E-state index in [1.54, 1.807) is 73.7 Å². The fourth-order valence-corrected chi connectivity index (χ4v) is 3.39. The van der Waals surface area contributed by atoms with Gasteiger partial charge in [-0.2, -0.15) is 5.10 Å². The second-order valence-corrected chi connectivity index (χ2v) is 8.75. The maximum atomic E-state index is 12.6. The minimum atomic E-state index is -0.810. The Morgan fingerprint density at radius 1 is 1.09 bits per heavy atom. The molecule has 0 aliphatic carbocycles. The predicted molar refractivity (Wildman–Crippen MR) is 139 cm³/mol. The summed E-state index contributed by atoms with van der Waals surface area (Å²) in [6.45, 7) is 4.22. The molecule has 1 N–H and O–H groups in total. The normalized spacial score (nSPS) is 11.7. The molecule has 0 fully saturated rings. The molecule has 35 heavy (non-hydrogen) atoms. The fourth-order valence-electron chi connectivity index (χ4n) is 2.83. The van der Waals surface area contributed by atoms with Gasteiger partial charge in [0, 0.05) is 15.1 Å². The first-order chi connectivity index (χ1) is 16.9. The van der Waals surface area contributed by atoms with Crippen LogP contribution in [-0.4, -0.2) is 30.8 Å². The molecular formula is C26H24BrClN2O5. The number of amides is 1. The van der Waals surface area contributed by atoms with E-state index < -0.39 is 18.0 Å². The highest BCUT2D eigenvalue weighted by molar-refractivity contribution is 9.10. The van der Waals surface area contributed by atoms with Crippen molar-refractivity contribution in [3.05, 3.63) is 87.4 Å². The third-order valence-corrected chi connectivity index (χ3v) is 5.32. The van der Waals surface area contributed by atoms with E-state index in [-0.39, 0.29) is 5.75 Å². The van der Waals surface area contributed by atoms with Crippen molar-refractivity contribution >= 4 is 45.6 Å². The average Bonchev–Trinajstić information content (AvgIpc) is 2.84. The molecule has 0 aromatic heterocycles. The fraction of sp³-hybridized carbons (Fsp3) is 0.192. The van der Waals surface area contributed by atoms with Crippen LogP contribution in [0.25, 0.3) is 0 Å². The van der Waals surface area contributed by atoms with Gasteiger partial charge in [-0.15, -0.1) is 0 Å². The van der Waals surface area contributed by atoms with E-state index in [9.17, 15) is 9.59 Å². The summed E-state index contributed by atoms with van der Waals surface area (Å²) in [5, 5.41) is 4.49. The molecule has 0 saturated heterocycles. The van der Waals surface area contributed by atoms with E-state index in [4.69, 9.17) is 25.8 Å². The van der Waals surface area contributed by atoms with Crippen LogP contribution >= 0.6 is 27.5 Å². The molecule has 7 nitrogen and oxygen atoms in total. The number of hydrazone groups is 1. The number of carbonyl (C=O) groups is 2. The van der Waals surface area contributed by atoms with E-state index in [1.165, 1.54) is 6.21 Å². The minimum absolute atomic E-state index is 0.283. The topological polar surface area (TPSA) is 86.2 Å². The highest BCUT2D eigenvalue weighted by atomic mass is 79.9. The number of carbonyl (C=O) groups excluding carboxylic acids is 2. The number of halogens is 2. The SMILES string of the molecule is CCCOc1ccc(C(=O)Oc2ccc(Br)cc2/C=N\NC(=O)[C@@H](C)Oc2cccc(Cl)c2)cc1. The van der Waals surface area contributed by atoms with E-state index in [0.29, 0.717) is 34.3 Å². The Morgan fingerprint density at radius 2 is 1.86 bits per heavy atom. The lowest BCUT2D eigenvalue weighted by Crippen LogP contribution is -2.33. The average molecular weight is 560 g/mol. The summed E-state index contributed by atoms with van der Waals surface area (Å²) in [5.74, 6) is 0.446. The molecule has 0 saturated carbocycles. The molecule has 0 unspecified atom stereocenters. The van der Waals surface area contributed by atoms with Gasteiger partial charge >= 0.3 is 5.97 Å². The number of hydrogen-bond acceptors (Lipinski definition) is 6. The standard InChI is InChI=1S/C26H24BrClN2O5/c1-3-13-33-22-10-7-18(8-11-22)26(32)35-24-12-9-20(27)14-19(24)16-29-30-25(31)17(2)34-23-6-4-5-21(28)15-23/h4-12,14-17H,3,13H2,1-2H3,(H,30,31)/b29-16-/t17-/m1/s1. The highest BCUT2D eigenvalue weighted by Gasteiger charge is 2.15. The summed E-state index contributed by atoms with van der Waals surface area (Å²) in [4.78, 5) is 25.0. The quantitative estimate of drug-likeness (QED) is 0.142. The molecule has 0 heterocycles. The van der Waals surface area contributed by atoms with Gasteiger partial charge in [-0.1, -0.05) is 40.5 Å². The molecule has 0 radical (unpaired) electrons. The summed E-state index contributed by atoms with van der Waals surface area (Å²) in [6, 6.07) is 18.6. The molecule has 1 atom stereocenters. The van der Waals surface area contributed by atoms with Gasteiger partial charge in [0.1, 0.15) is 17.2 Å². The summed E-state index contributed by atoms with van der Waals surface area (Å²) in [5.41, 5.74) is 3.28. The molecule has 1 amide bonds. The van der Waals surface area contributed by atoms with E-state index in [0.717, 1.165) is 10.9 Å². The van der Waals surface area contributed by atoms with Crippen LogP contribution < -0.4 is 19.6 Å². The first-order valence-electron chi connectivity index (χ1n) is 10.9. The summed E-state index contributed by atoms with van der Waals surface area (Å²) in [7, 11) is 0. The first-order valence-corrected chi connectivity index (χ1v) is 12.0. The van der Waals surface area contributed by atoms with E-state index in [2.05, 4.69) is 26.5 Å². The molecule has 0 aliphatic heterocycles. The van der Waals surface area contributed by atoms with E-state index in [1.807, 2.05) is 6.92 Å². The lowest BCUT2D eigenvalue weighted by atomic mass is 10.2. The van der Waals surface area contributed by atoms with Crippen molar-refractivity contribution in [3.63, 3.8) is 0 Å². The van der Waals surface area contributed by atoms with Crippen LogP contribution in [0.5, 0.6) is 17.2 Å². The predicted octanol–water partition coefficient (Wildman–Crippen LogP) is 6.03. The second-order valence-electron chi connectivity index (χ2n) is 7.40. The van der Waals surface area contributed by atoms with Crippen LogP contribution in [0.1, 0.15) is 36.2 Å². The van der Waals surface area contributed by atoms with Crippen molar-refractivity contribution in [3.8, 4) is 17.2 Å². The summed E-state index contributed by atoms with van der Waals surface area (Å²) in [6.07, 6.45) is 1.47. The molecule has 0 aliphatic rings. The maximum absolute atomic E-state index is 12.6. The van der Waals surface area contributed by atoms with Crippen molar-refractivity contribution < 1.29 is 23.8 Å². The Kier molecular flexibility index (Phi) is 9.69. The van der Waals surface area contributed by atoms with Crippen molar-refractivity contribution in [1.82, 2.24) is 5.43 Å². The zero-order chi connectivity index (χ0) is 25.2. The third kappa shape index (κ3) is 8.12. The zero-order valence-electron chi connectivity index (χ0n) is 19.2. The van der Waals surface area contributed by atoms with Crippen LogP contribution in [0.2, 0.25) is 5.02 Å². The number of nitrogens with zero attached hydrogens (tertiary/aromatic N) is 1.